The van der Waals surface area contributed by atoms with Crippen LogP contribution in [0.3, 0.4) is 0 Å². The summed E-state index contributed by atoms with van der Waals surface area (Å²) < 4.78 is 5.54. The SMILES string of the molecule is O=C(ON1C(=O)c2ccccc2C1=O)C1COc2cc(Cl)ccc2C1. The molecule has 0 bridgehead atoms. The van der Waals surface area contributed by atoms with E-state index in [1.807, 2.05) is 0 Å². The summed E-state index contributed by atoms with van der Waals surface area (Å²) in [5, 5.41) is 1.07. The first-order chi connectivity index (χ1) is 12.0. The highest BCUT2D eigenvalue weighted by atomic mass is 35.5. The van der Waals surface area contributed by atoms with Gasteiger partial charge in [-0.05, 0) is 36.2 Å². The quantitative estimate of drug-likeness (QED) is 0.772. The number of carbonyl (C=O) groups is 3. The van der Waals surface area contributed by atoms with E-state index in [1.54, 1.807) is 30.3 Å². The zero-order valence-electron chi connectivity index (χ0n) is 12.9. The molecule has 0 N–H and O–H groups in total. The molecule has 0 aromatic heterocycles. The van der Waals surface area contributed by atoms with E-state index < -0.39 is 23.7 Å². The monoisotopic (exact) mass is 357 g/mol. The van der Waals surface area contributed by atoms with Crippen molar-refractivity contribution in [3.63, 3.8) is 0 Å². The minimum absolute atomic E-state index is 0.0926. The third kappa shape index (κ3) is 2.64. The van der Waals surface area contributed by atoms with Gasteiger partial charge in [-0.2, -0.15) is 0 Å². The first-order valence-corrected chi connectivity index (χ1v) is 8.03. The van der Waals surface area contributed by atoms with E-state index in [1.165, 1.54) is 12.1 Å². The number of imide groups is 1. The molecule has 4 rings (SSSR count). The lowest BCUT2D eigenvalue weighted by Crippen LogP contribution is -2.38. The van der Waals surface area contributed by atoms with E-state index in [0.29, 0.717) is 22.3 Å². The zero-order valence-corrected chi connectivity index (χ0v) is 13.7. The van der Waals surface area contributed by atoms with Crippen LogP contribution in [0, 0.1) is 5.92 Å². The van der Waals surface area contributed by atoms with Crippen molar-refractivity contribution in [2.24, 2.45) is 5.92 Å². The molecular formula is C18H12ClNO5. The molecule has 6 nitrogen and oxygen atoms in total. The fraction of sp³-hybridized carbons (Fsp3) is 0.167. The standard InChI is InChI=1S/C18H12ClNO5/c19-12-6-5-10-7-11(9-24-15(10)8-12)18(23)25-20-16(21)13-3-1-2-4-14(13)17(20)22/h1-6,8,11H,7,9H2. The maximum Gasteiger partial charge on any atom is 0.340 e. The van der Waals surface area contributed by atoms with E-state index in [4.69, 9.17) is 21.2 Å². The Morgan fingerprint density at radius 1 is 1.12 bits per heavy atom. The zero-order chi connectivity index (χ0) is 17.6. The van der Waals surface area contributed by atoms with E-state index in [-0.39, 0.29) is 17.7 Å². The number of ether oxygens (including phenoxy) is 1. The largest absolute Gasteiger partial charge is 0.492 e. The highest BCUT2D eigenvalue weighted by Crippen LogP contribution is 2.31. The van der Waals surface area contributed by atoms with Gasteiger partial charge in [0.1, 0.15) is 12.4 Å². The Labute approximate surface area is 147 Å². The summed E-state index contributed by atoms with van der Waals surface area (Å²) in [6.45, 7) is 0.0926. The van der Waals surface area contributed by atoms with Crippen LogP contribution >= 0.6 is 11.6 Å². The Balaban J connectivity index is 1.49. The molecule has 2 amide bonds. The lowest BCUT2D eigenvalue weighted by atomic mass is 9.97. The van der Waals surface area contributed by atoms with Gasteiger partial charge in [-0.1, -0.05) is 34.9 Å². The number of nitrogens with zero attached hydrogens (tertiary/aromatic N) is 1. The van der Waals surface area contributed by atoms with E-state index in [2.05, 4.69) is 0 Å². The van der Waals surface area contributed by atoms with E-state index in [0.717, 1.165) is 5.56 Å². The van der Waals surface area contributed by atoms with Gasteiger partial charge in [-0.3, -0.25) is 9.59 Å². The molecule has 1 atom stereocenters. The van der Waals surface area contributed by atoms with E-state index >= 15 is 0 Å². The van der Waals surface area contributed by atoms with Crippen LogP contribution < -0.4 is 4.74 Å². The van der Waals surface area contributed by atoms with Crippen molar-refractivity contribution in [2.45, 2.75) is 6.42 Å². The second kappa shape index (κ2) is 5.89. The number of hydrogen-bond donors (Lipinski definition) is 0. The minimum atomic E-state index is -0.685. The number of amides is 2. The smallest absolute Gasteiger partial charge is 0.340 e. The number of carbonyl (C=O) groups excluding carboxylic acids is 3. The molecule has 2 heterocycles. The van der Waals surface area contributed by atoms with Crippen molar-refractivity contribution >= 4 is 29.4 Å². The van der Waals surface area contributed by atoms with Crippen molar-refractivity contribution in [3.8, 4) is 5.75 Å². The number of benzene rings is 2. The van der Waals surface area contributed by atoms with Gasteiger partial charge in [-0.15, -0.1) is 0 Å². The van der Waals surface area contributed by atoms with Crippen molar-refractivity contribution in [1.82, 2.24) is 5.06 Å². The van der Waals surface area contributed by atoms with Gasteiger partial charge in [0, 0.05) is 5.02 Å². The van der Waals surface area contributed by atoms with Crippen LogP contribution in [0.5, 0.6) is 5.75 Å². The van der Waals surface area contributed by atoms with Crippen LogP contribution in [-0.2, 0) is 16.1 Å². The molecule has 2 aromatic rings. The average molecular weight is 358 g/mol. The van der Waals surface area contributed by atoms with Gasteiger partial charge >= 0.3 is 5.97 Å². The topological polar surface area (TPSA) is 72.9 Å². The highest BCUT2D eigenvalue weighted by molar-refractivity contribution is 6.30. The summed E-state index contributed by atoms with van der Waals surface area (Å²) in [5.74, 6) is -1.96. The van der Waals surface area contributed by atoms with Gasteiger partial charge in [0.05, 0.1) is 17.0 Å². The number of hydrogen-bond acceptors (Lipinski definition) is 5. The third-order valence-electron chi connectivity index (χ3n) is 4.21. The van der Waals surface area contributed by atoms with Crippen LogP contribution in [0.4, 0.5) is 0 Å². The maximum absolute atomic E-state index is 12.4. The summed E-state index contributed by atoms with van der Waals surface area (Å²) in [7, 11) is 0. The maximum atomic E-state index is 12.4. The fourth-order valence-corrected chi connectivity index (χ4v) is 3.07. The normalized spacial score (nSPS) is 18.4. The molecule has 1 unspecified atom stereocenters. The Hall–Kier alpha value is -2.86. The number of fused-ring (bicyclic) bond motifs is 2. The number of halogens is 1. The van der Waals surface area contributed by atoms with Gasteiger partial charge in [0.2, 0.25) is 0 Å². The molecule has 0 radical (unpaired) electrons. The first kappa shape index (κ1) is 15.7. The Morgan fingerprint density at radius 2 is 1.80 bits per heavy atom. The summed E-state index contributed by atoms with van der Waals surface area (Å²) in [6, 6.07) is 11.5. The molecule has 25 heavy (non-hydrogen) atoms. The Kier molecular flexibility index (Phi) is 3.69. The van der Waals surface area contributed by atoms with Crippen molar-refractivity contribution < 1.29 is 24.0 Å². The summed E-state index contributed by atoms with van der Waals surface area (Å²) in [4.78, 5) is 42.0. The molecule has 0 saturated heterocycles. The average Bonchev–Trinajstić information content (AvgIpc) is 2.86. The molecule has 7 heteroatoms. The predicted molar refractivity (Wildman–Crippen MR) is 87.2 cm³/mol. The van der Waals surface area contributed by atoms with Gasteiger partial charge in [-0.25, -0.2) is 4.79 Å². The molecule has 0 aliphatic carbocycles. The molecular weight excluding hydrogens is 346 g/mol. The van der Waals surface area contributed by atoms with Crippen LogP contribution in [-0.4, -0.2) is 29.5 Å². The molecule has 2 aliphatic heterocycles. The van der Waals surface area contributed by atoms with Gasteiger partial charge in [0.15, 0.2) is 0 Å². The highest BCUT2D eigenvalue weighted by Gasteiger charge is 2.40. The van der Waals surface area contributed by atoms with Crippen LogP contribution in [0.25, 0.3) is 0 Å². The molecule has 0 spiro atoms. The van der Waals surface area contributed by atoms with Crippen molar-refractivity contribution in [1.29, 1.82) is 0 Å². The molecule has 2 aliphatic rings. The second-order valence-corrected chi connectivity index (χ2v) is 6.26. The lowest BCUT2D eigenvalue weighted by Gasteiger charge is -2.25. The van der Waals surface area contributed by atoms with Crippen molar-refractivity contribution in [2.75, 3.05) is 6.61 Å². The first-order valence-electron chi connectivity index (χ1n) is 7.65. The predicted octanol–water partition coefficient (Wildman–Crippen LogP) is 2.65. The fourth-order valence-electron chi connectivity index (χ4n) is 2.91. The number of hydroxylamine groups is 2. The molecule has 0 saturated carbocycles. The van der Waals surface area contributed by atoms with Gasteiger partial charge in [0.25, 0.3) is 11.8 Å². The number of rotatable bonds is 2. The Morgan fingerprint density at radius 3 is 2.48 bits per heavy atom. The third-order valence-corrected chi connectivity index (χ3v) is 4.44. The van der Waals surface area contributed by atoms with Crippen molar-refractivity contribution in [3.05, 3.63) is 64.2 Å². The summed E-state index contributed by atoms with van der Waals surface area (Å²) in [6.07, 6.45) is 0.383. The van der Waals surface area contributed by atoms with E-state index in [9.17, 15) is 14.4 Å². The van der Waals surface area contributed by atoms with Gasteiger partial charge < -0.3 is 9.57 Å². The second-order valence-electron chi connectivity index (χ2n) is 5.82. The molecule has 0 fully saturated rings. The summed E-state index contributed by atoms with van der Waals surface area (Å²) in [5.41, 5.74) is 1.26. The molecule has 126 valence electrons. The lowest BCUT2D eigenvalue weighted by molar-refractivity contribution is -0.175. The van der Waals surface area contributed by atoms with Crippen LogP contribution in [0.2, 0.25) is 5.02 Å². The Bertz CT molecular complexity index is 875. The molecule has 2 aromatic carbocycles. The van der Waals surface area contributed by atoms with Crippen LogP contribution in [0.1, 0.15) is 26.3 Å². The summed E-state index contributed by atoms with van der Waals surface area (Å²) >= 11 is 5.91. The van der Waals surface area contributed by atoms with Crippen LogP contribution in [0.15, 0.2) is 42.5 Å². The minimum Gasteiger partial charge on any atom is -0.492 e.